The molecule has 0 aliphatic carbocycles. The highest BCUT2D eigenvalue weighted by molar-refractivity contribution is 5.27. The summed E-state index contributed by atoms with van der Waals surface area (Å²) in [5.41, 5.74) is 1.25. The summed E-state index contributed by atoms with van der Waals surface area (Å²) in [7, 11) is 0. The van der Waals surface area contributed by atoms with Crippen LogP contribution in [-0.2, 0) is 0 Å². The molecule has 0 amide bonds. The van der Waals surface area contributed by atoms with Crippen molar-refractivity contribution in [2.75, 3.05) is 26.2 Å². The number of ether oxygens (including phenoxy) is 1. The second-order valence-corrected chi connectivity index (χ2v) is 3.87. The monoisotopic (exact) mass is 208 g/mol. The Morgan fingerprint density at radius 1 is 1.20 bits per heavy atom. The molecule has 1 aromatic carbocycles. The summed E-state index contributed by atoms with van der Waals surface area (Å²) in [6.45, 7) is 10.8. The van der Waals surface area contributed by atoms with E-state index in [2.05, 4.69) is 32.9 Å². The zero-order valence-corrected chi connectivity index (χ0v) is 10.0. The maximum atomic E-state index is 5.70. The van der Waals surface area contributed by atoms with Gasteiger partial charge in [0.1, 0.15) is 18.9 Å². The lowest BCUT2D eigenvalue weighted by molar-refractivity contribution is -0.896. The smallest absolute Gasteiger partial charge is 0.137 e. The Labute approximate surface area is 92.9 Å². The van der Waals surface area contributed by atoms with Crippen LogP contribution in [0.5, 0.6) is 5.75 Å². The maximum absolute atomic E-state index is 5.70. The Morgan fingerprint density at radius 2 is 1.93 bits per heavy atom. The topological polar surface area (TPSA) is 13.7 Å². The fraction of sp³-hybridized carbons (Fsp3) is 0.538. The van der Waals surface area contributed by atoms with Gasteiger partial charge >= 0.3 is 0 Å². The first-order chi connectivity index (χ1) is 7.26. The highest BCUT2D eigenvalue weighted by Gasteiger charge is 2.02. The zero-order valence-electron chi connectivity index (χ0n) is 10.0. The molecule has 1 aromatic rings. The summed E-state index contributed by atoms with van der Waals surface area (Å²) < 4.78 is 5.70. The van der Waals surface area contributed by atoms with Gasteiger partial charge in [0.05, 0.1) is 13.1 Å². The zero-order chi connectivity index (χ0) is 11.1. The molecule has 2 heteroatoms. The van der Waals surface area contributed by atoms with Gasteiger partial charge in [0, 0.05) is 0 Å². The van der Waals surface area contributed by atoms with Crippen molar-refractivity contribution in [1.29, 1.82) is 0 Å². The van der Waals surface area contributed by atoms with Gasteiger partial charge in [-0.25, -0.2) is 0 Å². The second-order valence-electron chi connectivity index (χ2n) is 3.87. The van der Waals surface area contributed by atoms with Gasteiger partial charge in [0.2, 0.25) is 0 Å². The van der Waals surface area contributed by atoms with Crippen molar-refractivity contribution in [2.45, 2.75) is 20.8 Å². The molecule has 0 saturated heterocycles. The molecule has 0 aliphatic heterocycles. The third-order valence-electron chi connectivity index (χ3n) is 2.71. The third kappa shape index (κ3) is 4.34. The molecule has 0 aliphatic rings. The fourth-order valence-corrected chi connectivity index (χ4v) is 1.62. The minimum Gasteiger partial charge on any atom is -0.488 e. The van der Waals surface area contributed by atoms with E-state index in [1.165, 1.54) is 18.7 Å². The van der Waals surface area contributed by atoms with Crippen LogP contribution < -0.4 is 9.64 Å². The molecule has 0 aromatic heterocycles. The summed E-state index contributed by atoms with van der Waals surface area (Å²) in [6, 6.07) is 8.22. The van der Waals surface area contributed by atoms with Crippen LogP contribution in [0.1, 0.15) is 19.4 Å². The average Bonchev–Trinajstić information content (AvgIpc) is 2.25. The molecule has 1 rings (SSSR count). The van der Waals surface area contributed by atoms with Gasteiger partial charge < -0.3 is 9.64 Å². The minimum atomic E-state index is 0.806. The number of hydrogen-bond acceptors (Lipinski definition) is 1. The maximum Gasteiger partial charge on any atom is 0.137 e. The van der Waals surface area contributed by atoms with Crippen molar-refractivity contribution in [2.24, 2.45) is 0 Å². The number of aryl methyl sites for hydroxylation is 1. The molecule has 0 spiro atoms. The van der Waals surface area contributed by atoms with E-state index in [4.69, 9.17) is 4.74 Å². The highest BCUT2D eigenvalue weighted by Crippen LogP contribution is 2.11. The lowest BCUT2D eigenvalue weighted by atomic mass is 10.2. The Hall–Kier alpha value is -1.02. The van der Waals surface area contributed by atoms with Gasteiger partial charge in [0.25, 0.3) is 0 Å². The van der Waals surface area contributed by atoms with E-state index in [0.717, 1.165) is 18.9 Å². The van der Waals surface area contributed by atoms with Crippen LogP contribution in [0, 0.1) is 6.92 Å². The summed E-state index contributed by atoms with van der Waals surface area (Å²) in [5, 5.41) is 0. The predicted molar refractivity (Wildman–Crippen MR) is 63.6 cm³/mol. The molecule has 0 saturated carbocycles. The van der Waals surface area contributed by atoms with Crippen molar-refractivity contribution in [3.05, 3.63) is 29.8 Å². The van der Waals surface area contributed by atoms with Gasteiger partial charge in [-0.1, -0.05) is 12.1 Å². The third-order valence-corrected chi connectivity index (χ3v) is 2.71. The van der Waals surface area contributed by atoms with Crippen molar-refractivity contribution in [3.8, 4) is 5.75 Å². The van der Waals surface area contributed by atoms with Gasteiger partial charge in [-0.05, 0) is 38.5 Å². The van der Waals surface area contributed by atoms with Crippen molar-refractivity contribution in [3.63, 3.8) is 0 Å². The Balaban J connectivity index is 2.31. The van der Waals surface area contributed by atoms with Crippen molar-refractivity contribution in [1.82, 2.24) is 0 Å². The van der Waals surface area contributed by atoms with Crippen LogP contribution in [0.4, 0.5) is 0 Å². The van der Waals surface area contributed by atoms with Gasteiger partial charge in [0.15, 0.2) is 0 Å². The van der Waals surface area contributed by atoms with E-state index >= 15 is 0 Å². The lowest BCUT2D eigenvalue weighted by Crippen LogP contribution is -3.12. The minimum absolute atomic E-state index is 0.806. The van der Waals surface area contributed by atoms with Crippen LogP contribution >= 0.6 is 0 Å². The van der Waals surface area contributed by atoms with Crippen LogP contribution in [0.3, 0.4) is 0 Å². The molecule has 0 radical (unpaired) electrons. The molecule has 2 nitrogen and oxygen atoms in total. The molecule has 0 atom stereocenters. The SMILES string of the molecule is CC[NH+](CC)CCOc1cccc(C)c1. The Bertz CT molecular complexity index is 282. The molecule has 0 heterocycles. The number of benzene rings is 1. The summed E-state index contributed by atoms with van der Waals surface area (Å²) in [6.07, 6.45) is 0. The molecule has 84 valence electrons. The van der Waals surface area contributed by atoms with E-state index in [-0.39, 0.29) is 0 Å². The molecular weight excluding hydrogens is 186 g/mol. The van der Waals surface area contributed by atoms with Crippen LogP contribution in [-0.4, -0.2) is 26.2 Å². The van der Waals surface area contributed by atoms with Crippen LogP contribution in [0.2, 0.25) is 0 Å². The fourth-order valence-electron chi connectivity index (χ4n) is 1.62. The van der Waals surface area contributed by atoms with Crippen LogP contribution in [0.25, 0.3) is 0 Å². The first-order valence-corrected chi connectivity index (χ1v) is 5.79. The van der Waals surface area contributed by atoms with E-state index < -0.39 is 0 Å². The standard InChI is InChI=1S/C13H21NO/c1-4-14(5-2)9-10-15-13-8-6-7-12(3)11-13/h6-8,11H,4-5,9-10H2,1-3H3/p+1. The normalized spacial score (nSPS) is 10.7. The largest absolute Gasteiger partial charge is 0.488 e. The lowest BCUT2D eigenvalue weighted by Gasteiger charge is -2.15. The first-order valence-electron chi connectivity index (χ1n) is 5.79. The molecule has 0 unspecified atom stereocenters. The average molecular weight is 208 g/mol. The van der Waals surface area contributed by atoms with Gasteiger partial charge in [-0.3, -0.25) is 0 Å². The summed E-state index contributed by atoms with van der Waals surface area (Å²) in [4.78, 5) is 1.59. The number of hydrogen-bond donors (Lipinski definition) is 1. The van der Waals surface area contributed by atoms with E-state index in [0.29, 0.717) is 0 Å². The second kappa shape index (κ2) is 6.46. The van der Waals surface area contributed by atoms with Gasteiger partial charge in [-0.15, -0.1) is 0 Å². The van der Waals surface area contributed by atoms with Crippen LogP contribution in [0.15, 0.2) is 24.3 Å². The van der Waals surface area contributed by atoms with E-state index in [1.54, 1.807) is 4.90 Å². The number of quaternary nitrogens is 1. The quantitative estimate of drug-likeness (QED) is 0.744. The molecule has 1 N–H and O–H groups in total. The number of nitrogens with one attached hydrogen (secondary N) is 1. The molecular formula is C13H22NO+. The Kier molecular flexibility index (Phi) is 5.19. The predicted octanol–water partition coefficient (Wildman–Crippen LogP) is 1.30. The van der Waals surface area contributed by atoms with E-state index in [1.807, 2.05) is 12.1 Å². The van der Waals surface area contributed by atoms with Crippen molar-refractivity contribution >= 4 is 0 Å². The molecule has 0 fully saturated rings. The first kappa shape index (κ1) is 12.1. The van der Waals surface area contributed by atoms with Crippen molar-refractivity contribution < 1.29 is 9.64 Å². The Morgan fingerprint density at radius 3 is 2.53 bits per heavy atom. The molecule has 15 heavy (non-hydrogen) atoms. The van der Waals surface area contributed by atoms with E-state index in [9.17, 15) is 0 Å². The highest BCUT2D eigenvalue weighted by atomic mass is 16.5. The summed E-state index contributed by atoms with van der Waals surface area (Å²) in [5.74, 6) is 0.988. The molecule has 0 bridgehead atoms. The summed E-state index contributed by atoms with van der Waals surface area (Å²) >= 11 is 0. The number of rotatable bonds is 6. The van der Waals surface area contributed by atoms with Gasteiger partial charge in [-0.2, -0.15) is 0 Å². The number of likely N-dealkylation sites (N-methyl/N-ethyl adjacent to an activating group) is 1.